The zero-order valence-electron chi connectivity index (χ0n) is 21.7. The quantitative estimate of drug-likeness (QED) is 0.234. The minimum atomic E-state index is -0.780. The minimum absolute atomic E-state index is 0.0202. The molecule has 0 saturated carbocycles. The van der Waals surface area contributed by atoms with Gasteiger partial charge in [0.15, 0.2) is 11.6 Å². The predicted octanol–water partition coefficient (Wildman–Crippen LogP) is 5.36. The topological polar surface area (TPSA) is 77.4 Å². The number of aliphatic hydroxyl groups is 2. The molecule has 6 nitrogen and oxygen atoms in total. The highest BCUT2D eigenvalue weighted by atomic mass is 16.7. The van der Waals surface area contributed by atoms with Crippen LogP contribution in [0.3, 0.4) is 0 Å². The Labute approximate surface area is 202 Å². The van der Waals surface area contributed by atoms with E-state index < -0.39 is 11.4 Å². The third kappa shape index (κ3) is 9.58. The Balaban J connectivity index is 1.67. The summed E-state index contributed by atoms with van der Waals surface area (Å²) in [6.45, 7) is 10.1. The fraction of sp³-hybridized carbons (Fsp3) is 0.926. The molecule has 2 aliphatic heterocycles. The van der Waals surface area contributed by atoms with Gasteiger partial charge in [-0.1, -0.05) is 51.7 Å². The van der Waals surface area contributed by atoms with Gasteiger partial charge in [0.1, 0.15) is 5.60 Å². The Kier molecular flexibility index (Phi) is 12.3. The first kappa shape index (κ1) is 28.7. The van der Waals surface area contributed by atoms with Gasteiger partial charge in [-0.05, 0) is 45.4 Å². The lowest BCUT2D eigenvalue weighted by Gasteiger charge is -2.48. The van der Waals surface area contributed by atoms with Crippen molar-refractivity contribution in [2.45, 2.75) is 115 Å². The van der Waals surface area contributed by atoms with Crippen molar-refractivity contribution >= 4 is 0 Å². The summed E-state index contributed by atoms with van der Waals surface area (Å²) < 4.78 is 23.9. The SMILES string of the molecule is CC(C)CCCCC1(CCCCCC/C=C/[C@@H]2COC(C)(C)O[C@@]2(CO)CCO)OCCO1. The number of allylic oxidation sites excluding steroid dienone is 1. The summed E-state index contributed by atoms with van der Waals surface area (Å²) in [7, 11) is 0. The average Bonchev–Trinajstić information content (AvgIpc) is 3.23. The van der Waals surface area contributed by atoms with E-state index in [1.165, 1.54) is 32.1 Å². The van der Waals surface area contributed by atoms with Crippen LogP contribution >= 0.6 is 0 Å². The van der Waals surface area contributed by atoms with Crippen LogP contribution in [-0.4, -0.2) is 60.4 Å². The highest BCUT2D eigenvalue weighted by molar-refractivity contribution is 5.03. The van der Waals surface area contributed by atoms with Gasteiger partial charge < -0.3 is 29.2 Å². The molecule has 0 aliphatic carbocycles. The van der Waals surface area contributed by atoms with Crippen molar-refractivity contribution in [1.29, 1.82) is 0 Å². The van der Waals surface area contributed by atoms with Crippen LogP contribution in [0.5, 0.6) is 0 Å². The molecule has 0 bridgehead atoms. The van der Waals surface area contributed by atoms with Crippen LogP contribution in [0.1, 0.15) is 98.3 Å². The Bertz CT molecular complexity index is 555. The normalized spacial score (nSPS) is 27.1. The van der Waals surface area contributed by atoms with Gasteiger partial charge >= 0.3 is 0 Å². The Hall–Kier alpha value is -0.500. The first-order valence-electron chi connectivity index (χ1n) is 13.3. The lowest BCUT2D eigenvalue weighted by molar-refractivity contribution is -0.334. The van der Waals surface area contributed by atoms with Crippen molar-refractivity contribution in [1.82, 2.24) is 0 Å². The Morgan fingerprint density at radius 3 is 2.18 bits per heavy atom. The van der Waals surface area contributed by atoms with Gasteiger partial charge in [0.2, 0.25) is 0 Å². The third-order valence-corrected chi connectivity index (χ3v) is 6.99. The van der Waals surface area contributed by atoms with Gasteiger partial charge in [0.25, 0.3) is 0 Å². The first-order chi connectivity index (χ1) is 15.8. The molecule has 6 heteroatoms. The van der Waals surface area contributed by atoms with Crippen LogP contribution < -0.4 is 0 Å². The second-order valence-electron chi connectivity index (χ2n) is 10.7. The molecule has 194 valence electrons. The van der Waals surface area contributed by atoms with Crippen LogP contribution in [0.15, 0.2) is 12.2 Å². The van der Waals surface area contributed by atoms with Crippen molar-refractivity contribution in [2.75, 3.05) is 33.0 Å². The molecule has 2 aliphatic rings. The van der Waals surface area contributed by atoms with E-state index >= 15 is 0 Å². The van der Waals surface area contributed by atoms with Gasteiger partial charge in [-0.25, -0.2) is 0 Å². The number of rotatable bonds is 16. The molecule has 0 spiro atoms. The molecule has 0 aromatic carbocycles. The Morgan fingerprint density at radius 1 is 0.879 bits per heavy atom. The molecule has 2 fully saturated rings. The van der Waals surface area contributed by atoms with E-state index in [1.807, 2.05) is 13.8 Å². The average molecular weight is 471 g/mol. The molecule has 0 radical (unpaired) electrons. The molecular formula is C27H50O6. The van der Waals surface area contributed by atoms with E-state index in [0.29, 0.717) is 13.0 Å². The molecule has 0 unspecified atom stereocenters. The predicted molar refractivity (Wildman–Crippen MR) is 131 cm³/mol. The fourth-order valence-electron chi connectivity index (χ4n) is 5.05. The molecule has 2 N–H and O–H groups in total. The molecular weight excluding hydrogens is 420 g/mol. The molecule has 33 heavy (non-hydrogen) atoms. The highest BCUT2D eigenvalue weighted by Gasteiger charge is 2.47. The summed E-state index contributed by atoms with van der Waals surface area (Å²) in [4.78, 5) is 0. The summed E-state index contributed by atoms with van der Waals surface area (Å²) >= 11 is 0. The third-order valence-electron chi connectivity index (χ3n) is 6.99. The molecule has 2 saturated heterocycles. The highest BCUT2D eigenvalue weighted by Crippen LogP contribution is 2.38. The van der Waals surface area contributed by atoms with Gasteiger partial charge in [0, 0.05) is 31.8 Å². The second kappa shape index (κ2) is 14.2. The second-order valence-corrected chi connectivity index (χ2v) is 10.7. The molecule has 2 atom stereocenters. The lowest BCUT2D eigenvalue weighted by atomic mass is 9.83. The van der Waals surface area contributed by atoms with Crippen LogP contribution in [0.25, 0.3) is 0 Å². The van der Waals surface area contributed by atoms with Crippen molar-refractivity contribution in [2.24, 2.45) is 11.8 Å². The summed E-state index contributed by atoms with van der Waals surface area (Å²) in [6, 6.07) is 0. The Morgan fingerprint density at radius 2 is 1.55 bits per heavy atom. The lowest BCUT2D eigenvalue weighted by Crippen LogP contribution is -2.57. The maximum absolute atomic E-state index is 10.0. The van der Waals surface area contributed by atoms with Gasteiger partial charge in [-0.2, -0.15) is 0 Å². The fourth-order valence-corrected chi connectivity index (χ4v) is 5.05. The van der Waals surface area contributed by atoms with Crippen LogP contribution in [0.2, 0.25) is 0 Å². The molecule has 0 amide bonds. The first-order valence-corrected chi connectivity index (χ1v) is 13.3. The summed E-state index contributed by atoms with van der Waals surface area (Å²) in [5, 5.41) is 19.5. The summed E-state index contributed by atoms with van der Waals surface area (Å²) in [5.74, 6) is -0.373. The maximum Gasteiger partial charge on any atom is 0.168 e. The number of hydrogen-bond acceptors (Lipinski definition) is 6. The smallest absolute Gasteiger partial charge is 0.168 e. The van der Waals surface area contributed by atoms with E-state index in [1.54, 1.807) is 0 Å². The monoisotopic (exact) mass is 470 g/mol. The number of hydrogen-bond donors (Lipinski definition) is 2. The van der Waals surface area contributed by atoms with E-state index in [9.17, 15) is 10.2 Å². The summed E-state index contributed by atoms with van der Waals surface area (Å²) in [5.41, 5.74) is -0.780. The number of unbranched alkanes of at least 4 members (excludes halogenated alkanes) is 5. The van der Waals surface area contributed by atoms with E-state index in [2.05, 4.69) is 26.0 Å². The van der Waals surface area contributed by atoms with Crippen LogP contribution in [0.4, 0.5) is 0 Å². The molecule has 0 aromatic heterocycles. The number of aliphatic hydroxyl groups excluding tert-OH is 2. The van der Waals surface area contributed by atoms with Gasteiger partial charge in [0.05, 0.1) is 26.4 Å². The molecule has 2 rings (SSSR count). The molecule has 2 heterocycles. The van der Waals surface area contributed by atoms with Crippen molar-refractivity contribution in [3.8, 4) is 0 Å². The zero-order valence-corrected chi connectivity index (χ0v) is 21.7. The minimum Gasteiger partial charge on any atom is -0.396 e. The summed E-state index contributed by atoms with van der Waals surface area (Å²) in [6.07, 6.45) is 16.0. The van der Waals surface area contributed by atoms with E-state index in [0.717, 1.165) is 51.2 Å². The van der Waals surface area contributed by atoms with Crippen molar-refractivity contribution in [3.05, 3.63) is 12.2 Å². The van der Waals surface area contributed by atoms with Gasteiger partial charge in [-0.15, -0.1) is 0 Å². The number of ether oxygens (including phenoxy) is 4. The molecule has 0 aromatic rings. The standard InChI is InChI=1S/C27H50O6/c1-23(2)13-10-12-16-27(30-19-20-31-27)15-11-8-6-5-7-9-14-24-21-32-25(3,4)33-26(24,22-29)17-18-28/h9,14,23-24,28-29H,5-8,10-13,15-22H2,1-4H3/b14-9+/t24-,26-/m1/s1. The van der Waals surface area contributed by atoms with Crippen LogP contribution in [0, 0.1) is 11.8 Å². The largest absolute Gasteiger partial charge is 0.396 e. The van der Waals surface area contributed by atoms with Crippen molar-refractivity contribution < 1.29 is 29.2 Å². The van der Waals surface area contributed by atoms with E-state index in [-0.39, 0.29) is 24.9 Å². The van der Waals surface area contributed by atoms with Gasteiger partial charge in [-0.3, -0.25) is 0 Å². The van der Waals surface area contributed by atoms with E-state index in [4.69, 9.17) is 18.9 Å². The van der Waals surface area contributed by atoms with Crippen molar-refractivity contribution in [3.63, 3.8) is 0 Å². The zero-order chi connectivity index (χ0) is 24.2. The van der Waals surface area contributed by atoms with Crippen LogP contribution in [-0.2, 0) is 18.9 Å². The maximum atomic E-state index is 10.0.